The minimum atomic E-state index is -0.437. The summed E-state index contributed by atoms with van der Waals surface area (Å²) in [6.07, 6.45) is 3.67. The van der Waals surface area contributed by atoms with Crippen molar-refractivity contribution in [3.63, 3.8) is 0 Å². The summed E-state index contributed by atoms with van der Waals surface area (Å²) in [5, 5.41) is 3.87. The number of carbonyl (C=O) groups is 2. The van der Waals surface area contributed by atoms with Crippen LogP contribution in [0.3, 0.4) is 0 Å². The van der Waals surface area contributed by atoms with Crippen LogP contribution in [0, 0.1) is 0 Å². The molecule has 9 heteroatoms. The molecule has 1 aliphatic heterocycles. The molecule has 0 radical (unpaired) electrons. The van der Waals surface area contributed by atoms with Gasteiger partial charge in [0.15, 0.2) is 0 Å². The molecule has 0 saturated heterocycles. The highest BCUT2D eigenvalue weighted by atomic mass is 16.2. The molecule has 1 N–H and O–H groups in total. The number of hydrazone groups is 1. The third-order valence-electron chi connectivity index (χ3n) is 5.78. The van der Waals surface area contributed by atoms with E-state index in [0.29, 0.717) is 24.5 Å². The first-order chi connectivity index (χ1) is 15.2. The molecule has 32 heavy (non-hydrogen) atoms. The van der Waals surface area contributed by atoms with Crippen molar-refractivity contribution in [2.24, 2.45) is 5.10 Å². The molecule has 2 aromatic heterocycles. The van der Waals surface area contributed by atoms with E-state index in [9.17, 15) is 9.59 Å². The normalized spacial score (nSPS) is 16.6. The lowest BCUT2D eigenvalue weighted by Crippen LogP contribution is -2.26. The van der Waals surface area contributed by atoms with Gasteiger partial charge >= 0.3 is 0 Å². The van der Waals surface area contributed by atoms with Crippen LogP contribution in [0.1, 0.15) is 57.6 Å². The number of amides is 2. The number of hydrogen-bond acceptors (Lipinski definition) is 6. The average molecular weight is 436 g/mol. The standard InChI is InChI=1S/C23H29N7O2/c1-23(9-10-23)19-11-15-16(18(25-19)13-28(2)3)12-30(22(15)32)20-8-6-7-17(26-20)21(31)27-24-14-29(4)5/h6-8,11,14H,9-10,12-13H2,1-5H3,(H,27,31)/b24-14+. The first kappa shape index (κ1) is 21.9. The van der Waals surface area contributed by atoms with Crippen LogP contribution in [0.15, 0.2) is 29.4 Å². The van der Waals surface area contributed by atoms with E-state index in [2.05, 4.69) is 27.3 Å². The fourth-order valence-corrected chi connectivity index (χ4v) is 3.70. The van der Waals surface area contributed by atoms with Crippen molar-refractivity contribution >= 4 is 24.0 Å². The number of carbonyl (C=O) groups excluding carboxylic acids is 2. The van der Waals surface area contributed by atoms with Gasteiger partial charge in [0.25, 0.3) is 11.8 Å². The Labute approximate surface area is 188 Å². The molecule has 1 fully saturated rings. The molecule has 1 saturated carbocycles. The summed E-state index contributed by atoms with van der Waals surface area (Å²) in [4.78, 5) is 40.6. The lowest BCUT2D eigenvalue weighted by atomic mass is 9.99. The Morgan fingerprint density at radius 1 is 1.25 bits per heavy atom. The van der Waals surface area contributed by atoms with E-state index in [1.54, 1.807) is 42.1 Å². The van der Waals surface area contributed by atoms with Gasteiger partial charge in [0, 0.05) is 42.9 Å². The Hall–Kier alpha value is -3.33. The molecule has 1 aliphatic carbocycles. The van der Waals surface area contributed by atoms with Crippen molar-refractivity contribution in [3.8, 4) is 0 Å². The highest BCUT2D eigenvalue weighted by Crippen LogP contribution is 2.47. The Kier molecular flexibility index (Phi) is 5.68. The molecule has 0 spiro atoms. The predicted octanol–water partition coefficient (Wildman–Crippen LogP) is 1.98. The zero-order valence-corrected chi connectivity index (χ0v) is 19.2. The van der Waals surface area contributed by atoms with Gasteiger partial charge in [-0.1, -0.05) is 13.0 Å². The first-order valence-electron chi connectivity index (χ1n) is 10.6. The van der Waals surface area contributed by atoms with Crippen molar-refractivity contribution in [2.45, 2.75) is 38.3 Å². The SMILES string of the molecule is CN(C)/C=N/NC(=O)c1cccc(N2Cc3c(cc(C4(C)CC4)nc3CN(C)C)C2=O)n1. The van der Waals surface area contributed by atoms with Crippen LogP contribution in [0.4, 0.5) is 5.82 Å². The van der Waals surface area contributed by atoms with Gasteiger partial charge in [-0.3, -0.25) is 19.5 Å². The molecule has 3 heterocycles. The van der Waals surface area contributed by atoms with Crippen molar-refractivity contribution < 1.29 is 9.59 Å². The van der Waals surface area contributed by atoms with Gasteiger partial charge in [-0.25, -0.2) is 10.4 Å². The van der Waals surface area contributed by atoms with Gasteiger partial charge in [-0.2, -0.15) is 5.10 Å². The van der Waals surface area contributed by atoms with E-state index in [4.69, 9.17) is 4.98 Å². The number of hydrogen-bond donors (Lipinski definition) is 1. The Morgan fingerprint density at radius 3 is 2.66 bits per heavy atom. The Morgan fingerprint density at radius 2 is 2.00 bits per heavy atom. The summed E-state index contributed by atoms with van der Waals surface area (Å²) < 4.78 is 0. The average Bonchev–Trinajstić information content (AvgIpc) is 3.40. The molecule has 2 aromatic rings. The molecule has 168 valence electrons. The molecule has 4 rings (SSSR count). The van der Waals surface area contributed by atoms with Gasteiger partial charge in [-0.15, -0.1) is 0 Å². The molecule has 0 unspecified atom stereocenters. The maximum Gasteiger partial charge on any atom is 0.290 e. The number of pyridine rings is 2. The summed E-state index contributed by atoms with van der Waals surface area (Å²) in [5.74, 6) is -0.109. The lowest BCUT2D eigenvalue weighted by Gasteiger charge is -2.16. The number of rotatable bonds is 7. The third-order valence-corrected chi connectivity index (χ3v) is 5.78. The molecule has 0 aromatic carbocycles. The van der Waals surface area contributed by atoms with E-state index in [1.165, 1.54) is 6.34 Å². The Balaban J connectivity index is 1.63. The van der Waals surface area contributed by atoms with Gasteiger partial charge < -0.3 is 9.80 Å². The van der Waals surface area contributed by atoms with Crippen LogP contribution in [-0.2, 0) is 18.5 Å². The maximum absolute atomic E-state index is 13.4. The van der Waals surface area contributed by atoms with Gasteiger partial charge in [0.1, 0.15) is 17.9 Å². The number of fused-ring (bicyclic) bond motifs is 1. The van der Waals surface area contributed by atoms with E-state index in [0.717, 1.165) is 29.8 Å². The van der Waals surface area contributed by atoms with Crippen LogP contribution in [-0.4, -0.2) is 66.1 Å². The summed E-state index contributed by atoms with van der Waals surface area (Å²) in [6, 6.07) is 7.02. The number of aromatic nitrogens is 2. The third kappa shape index (κ3) is 4.34. The molecule has 2 amide bonds. The second-order valence-electron chi connectivity index (χ2n) is 9.20. The summed E-state index contributed by atoms with van der Waals surface area (Å²) in [7, 11) is 7.60. The van der Waals surface area contributed by atoms with Gasteiger partial charge in [0.2, 0.25) is 0 Å². The van der Waals surface area contributed by atoms with Gasteiger partial charge in [0.05, 0.1) is 12.2 Å². The summed E-state index contributed by atoms with van der Waals surface area (Å²) in [5.41, 5.74) is 6.24. The van der Waals surface area contributed by atoms with Crippen LogP contribution < -0.4 is 10.3 Å². The van der Waals surface area contributed by atoms with Crippen molar-refractivity contribution in [3.05, 3.63) is 52.5 Å². The summed E-state index contributed by atoms with van der Waals surface area (Å²) in [6.45, 7) is 3.24. The van der Waals surface area contributed by atoms with E-state index in [1.807, 2.05) is 20.2 Å². The highest BCUT2D eigenvalue weighted by molar-refractivity contribution is 6.10. The first-order valence-corrected chi connectivity index (χ1v) is 10.6. The number of anilines is 1. The zero-order valence-electron chi connectivity index (χ0n) is 19.2. The van der Waals surface area contributed by atoms with Crippen molar-refractivity contribution in [1.29, 1.82) is 0 Å². The minimum Gasteiger partial charge on any atom is -0.367 e. The number of nitrogens with zero attached hydrogens (tertiary/aromatic N) is 6. The predicted molar refractivity (Wildman–Crippen MR) is 123 cm³/mol. The molecule has 9 nitrogen and oxygen atoms in total. The van der Waals surface area contributed by atoms with Crippen molar-refractivity contribution in [1.82, 2.24) is 25.2 Å². The van der Waals surface area contributed by atoms with E-state index < -0.39 is 5.91 Å². The van der Waals surface area contributed by atoms with E-state index in [-0.39, 0.29) is 17.0 Å². The largest absolute Gasteiger partial charge is 0.367 e. The fraction of sp³-hybridized carbons (Fsp3) is 0.435. The lowest BCUT2D eigenvalue weighted by molar-refractivity contribution is 0.0946. The molecule has 0 atom stereocenters. The molecular weight excluding hydrogens is 406 g/mol. The second kappa shape index (κ2) is 8.31. The topological polar surface area (TPSA) is 94.0 Å². The van der Waals surface area contributed by atoms with Crippen LogP contribution in [0.25, 0.3) is 0 Å². The van der Waals surface area contributed by atoms with Crippen LogP contribution >= 0.6 is 0 Å². The zero-order chi connectivity index (χ0) is 23.0. The molecule has 0 bridgehead atoms. The molecule has 2 aliphatic rings. The quantitative estimate of drug-likeness (QED) is 0.406. The maximum atomic E-state index is 13.4. The monoisotopic (exact) mass is 435 g/mol. The second-order valence-corrected chi connectivity index (χ2v) is 9.20. The molecular formula is C23H29N7O2. The van der Waals surface area contributed by atoms with E-state index >= 15 is 0 Å². The number of nitrogens with one attached hydrogen (secondary N) is 1. The fourth-order valence-electron chi connectivity index (χ4n) is 3.70. The Bertz CT molecular complexity index is 1090. The minimum absolute atomic E-state index is 0.0626. The van der Waals surface area contributed by atoms with Gasteiger partial charge in [-0.05, 0) is 45.1 Å². The van der Waals surface area contributed by atoms with Crippen LogP contribution in [0.2, 0.25) is 0 Å². The van der Waals surface area contributed by atoms with Crippen molar-refractivity contribution in [2.75, 3.05) is 33.1 Å². The smallest absolute Gasteiger partial charge is 0.290 e. The highest BCUT2D eigenvalue weighted by Gasteiger charge is 2.43. The van der Waals surface area contributed by atoms with Crippen LogP contribution in [0.5, 0.6) is 0 Å². The summed E-state index contributed by atoms with van der Waals surface area (Å²) >= 11 is 0.